The van der Waals surface area contributed by atoms with E-state index in [9.17, 15) is 0 Å². The van der Waals surface area contributed by atoms with Gasteiger partial charge in [0, 0.05) is 13.1 Å². The lowest BCUT2D eigenvalue weighted by molar-refractivity contribution is 0.0498. The van der Waals surface area contributed by atoms with Crippen LogP contribution in [0.5, 0.6) is 0 Å². The molecule has 0 radical (unpaired) electrons. The molecule has 0 aliphatic carbocycles. The van der Waals surface area contributed by atoms with Gasteiger partial charge in [-0.15, -0.1) is 0 Å². The van der Waals surface area contributed by atoms with Gasteiger partial charge in [-0.2, -0.15) is 9.64 Å². The van der Waals surface area contributed by atoms with E-state index in [1.165, 1.54) is 11.5 Å². The Labute approximate surface area is 92.4 Å². The molecule has 0 aromatic carbocycles. The van der Waals surface area contributed by atoms with Crippen LogP contribution >= 0.6 is 11.5 Å². The Morgan fingerprint density at radius 2 is 2.27 bits per heavy atom. The molecule has 0 spiro atoms. The molecule has 1 saturated heterocycles. The standard InChI is InChI=1S/C9H12N4OS/c1-7-8(6-10)9(15-12-7)11-13-2-4-14-5-3-13/h11H,2-5H2,1H3. The van der Waals surface area contributed by atoms with Crippen LogP contribution in [0.15, 0.2) is 0 Å². The van der Waals surface area contributed by atoms with Crippen molar-refractivity contribution >= 4 is 16.5 Å². The number of hydrogen-bond acceptors (Lipinski definition) is 6. The summed E-state index contributed by atoms with van der Waals surface area (Å²) < 4.78 is 9.39. The van der Waals surface area contributed by atoms with E-state index in [1.807, 2.05) is 6.92 Å². The number of aryl methyl sites for hydroxylation is 1. The molecular formula is C9H12N4OS. The molecule has 1 N–H and O–H groups in total. The Balaban J connectivity index is 2.06. The van der Waals surface area contributed by atoms with E-state index in [1.54, 1.807) is 0 Å². The quantitative estimate of drug-likeness (QED) is 0.811. The lowest BCUT2D eigenvalue weighted by atomic mass is 10.3. The summed E-state index contributed by atoms with van der Waals surface area (Å²) in [6.07, 6.45) is 0. The van der Waals surface area contributed by atoms with E-state index in [4.69, 9.17) is 10.00 Å². The molecule has 5 nitrogen and oxygen atoms in total. The van der Waals surface area contributed by atoms with Gasteiger partial charge in [0.05, 0.1) is 18.9 Å². The molecule has 0 amide bonds. The number of ether oxygens (including phenoxy) is 1. The van der Waals surface area contributed by atoms with E-state index in [0.29, 0.717) is 5.56 Å². The second kappa shape index (κ2) is 4.57. The Morgan fingerprint density at radius 1 is 1.53 bits per heavy atom. The highest BCUT2D eigenvalue weighted by atomic mass is 32.1. The van der Waals surface area contributed by atoms with Crippen molar-refractivity contribution in [3.05, 3.63) is 11.3 Å². The van der Waals surface area contributed by atoms with E-state index in [-0.39, 0.29) is 0 Å². The summed E-state index contributed by atoms with van der Waals surface area (Å²) in [6.45, 7) is 4.97. The molecular weight excluding hydrogens is 212 g/mol. The van der Waals surface area contributed by atoms with Gasteiger partial charge in [0.25, 0.3) is 0 Å². The first-order valence-corrected chi connectivity index (χ1v) is 5.54. The third-order valence-corrected chi connectivity index (χ3v) is 3.09. The van der Waals surface area contributed by atoms with Crippen LogP contribution in [0.1, 0.15) is 11.3 Å². The normalized spacial score (nSPS) is 17.3. The molecule has 6 heteroatoms. The third-order valence-electron chi connectivity index (χ3n) is 2.25. The van der Waals surface area contributed by atoms with Crippen molar-refractivity contribution < 1.29 is 4.74 Å². The van der Waals surface area contributed by atoms with Crippen molar-refractivity contribution in [1.82, 2.24) is 9.38 Å². The summed E-state index contributed by atoms with van der Waals surface area (Å²) in [6, 6.07) is 2.16. The van der Waals surface area contributed by atoms with Crippen LogP contribution in [0, 0.1) is 18.3 Å². The molecule has 1 aromatic rings. The fourth-order valence-corrected chi connectivity index (χ4v) is 2.17. The van der Waals surface area contributed by atoms with Gasteiger partial charge in [-0.3, -0.25) is 0 Å². The minimum absolute atomic E-state index is 0.645. The minimum atomic E-state index is 0.645. The number of hydrogen-bond donors (Lipinski definition) is 1. The highest BCUT2D eigenvalue weighted by Gasteiger charge is 2.15. The number of nitrogens with zero attached hydrogens (tertiary/aromatic N) is 3. The molecule has 1 fully saturated rings. The zero-order valence-corrected chi connectivity index (χ0v) is 9.30. The van der Waals surface area contributed by atoms with Gasteiger partial charge in [-0.05, 0) is 18.5 Å². The van der Waals surface area contributed by atoms with Crippen LogP contribution in [0.25, 0.3) is 0 Å². The second-order valence-electron chi connectivity index (χ2n) is 3.30. The van der Waals surface area contributed by atoms with Crippen LogP contribution in [0.2, 0.25) is 0 Å². The van der Waals surface area contributed by atoms with Gasteiger partial charge >= 0.3 is 0 Å². The third kappa shape index (κ3) is 2.26. The van der Waals surface area contributed by atoms with Crippen LogP contribution < -0.4 is 5.43 Å². The SMILES string of the molecule is Cc1nsc(NN2CCOCC2)c1C#N. The first-order chi connectivity index (χ1) is 7.31. The number of rotatable bonds is 2. The molecule has 2 heterocycles. The number of aromatic nitrogens is 1. The van der Waals surface area contributed by atoms with Crippen molar-refractivity contribution in [3.63, 3.8) is 0 Å². The Hall–Kier alpha value is -1.16. The maximum atomic E-state index is 8.95. The molecule has 1 aromatic heterocycles. The highest BCUT2D eigenvalue weighted by Crippen LogP contribution is 2.23. The van der Waals surface area contributed by atoms with E-state index in [2.05, 4.69) is 20.9 Å². The van der Waals surface area contributed by atoms with Gasteiger partial charge in [-0.1, -0.05) is 0 Å². The molecule has 1 aliphatic rings. The second-order valence-corrected chi connectivity index (χ2v) is 4.07. The van der Waals surface area contributed by atoms with Gasteiger partial charge in [0.2, 0.25) is 0 Å². The molecule has 0 unspecified atom stereocenters. The number of nitriles is 1. The van der Waals surface area contributed by atoms with Gasteiger partial charge in [-0.25, -0.2) is 5.01 Å². The summed E-state index contributed by atoms with van der Waals surface area (Å²) in [4.78, 5) is 0. The lowest BCUT2D eigenvalue weighted by Crippen LogP contribution is -2.40. The van der Waals surface area contributed by atoms with Gasteiger partial charge in [0.15, 0.2) is 0 Å². The minimum Gasteiger partial charge on any atom is -0.379 e. The summed E-state index contributed by atoms with van der Waals surface area (Å²) in [5.74, 6) is 0. The summed E-state index contributed by atoms with van der Waals surface area (Å²) in [5, 5.41) is 11.8. The first-order valence-electron chi connectivity index (χ1n) is 4.77. The Kier molecular flexibility index (Phi) is 3.16. The topological polar surface area (TPSA) is 61.2 Å². The predicted octanol–water partition coefficient (Wildman–Crippen LogP) is 0.982. The van der Waals surface area contributed by atoms with E-state index < -0.39 is 0 Å². The molecule has 0 saturated carbocycles. The zero-order chi connectivity index (χ0) is 10.7. The zero-order valence-electron chi connectivity index (χ0n) is 8.49. The van der Waals surface area contributed by atoms with Gasteiger partial charge < -0.3 is 10.2 Å². The largest absolute Gasteiger partial charge is 0.379 e. The Bertz CT molecular complexity index is 378. The monoisotopic (exact) mass is 224 g/mol. The van der Waals surface area contributed by atoms with Gasteiger partial charge in [0.1, 0.15) is 16.6 Å². The molecule has 15 heavy (non-hydrogen) atoms. The smallest absolute Gasteiger partial charge is 0.142 e. The first kappa shape index (κ1) is 10.4. The fourth-order valence-electron chi connectivity index (χ4n) is 1.40. The molecule has 0 atom stereocenters. The maximum absolute atomic E-state index is 8.95. The van der Waals surface area contributed by atoms with Crippen LogP contribution in [0.4, 0.5) is 5.00 Å². The van der Waals surface area contributed by atoms with Crippen molar-refractivity contribution in [1.29, 1.82) is 5.26 Å². The number of anilines is 1. The van der Waals surface area contributed by atoms with Crippen LogP contribution in [-0.2, 0) is 4.74 Å². The average Bonchev–Trinajstić information content (AvgIpc) is 2.61. The van der Waals surface area contributed by atoms with Crippen LogP contribution in [-0.4, -0.2) is 35.7 Å². The van der Waals surface area contributed by atoms with Crippen molar-refractivity contribution in [2.24, 2.45) is 0 Å². The summed E-state index contributed by atoms with van der Waals surface area (Å²) in [5.41, 5.74) is 4.64. The van der Waals surface area contributed by atoms with Crippen LogP contribution in [0.3, 0.4) is 0 Å². The van der Waals surface area contributed by atoms with Crippen molar-refractivity contribution in [3.8, 4) is 6.07 Å². The molecule has 0 bridgehead atoms. The van der Waals surface area contributed by atoms with Crippen molar-refractivity contribution in [2.45, 2.75) is 6.92 Å². The Morgan fingerprint density at radius 3 is 2.93 bits per heavy atom. The number of morpholine rings is 1. The molecule has 1 aliphatic heterocycles. The maximum Gasteiger partial charge on any atom is 0.142 e. The highest BCUT2D eigenvalue weighted by molar-refractivity contribution is 7.10. The number of hydrazine groups is 1. The number of nitrogens with one attached hydrogen (secondary N) is 1. The molecule has 2 rings (SSSR count). The average molecular weight is 224 g/mol. The molecule has 80 valence electrons. The lowest BCUT2D eigenvalue weighted by Gasteiger charge is -2.27. The fraction of sp³-hybridized carbons (Fsp3) is 0.556. The summed E-state index contributed by atoms with van der Waals surface area (Å²) >= 11 is 1.33. The van der Waals surface area contributed by atoms with E-state index in [0.717, 1.165) is 37.0 Å². The summed E-state index contributed by atoms with van der Waals surface area (Å²) in [7, 11) is 0. The van der Waals surface area contributed by atoms with E-state index >= 15 is 0 Å². The van der Waals surface area contributed by atoms with Crippen molar-refractivity contribution in [2.75, 3.05) is 31.7 Å². The predicted molar refractivity (Wildman–Crippen MR) is 57.6 cm³/mol.